The molecule has 0 amide bonds. The Kier molecular flexibility index (Phi) is 8.25. The molecule has 0 bridgehead atoms. The highest BCUT2D eigenvalue weighted by atomic mass is 16.5. The van der Waals surface area contributed by atoms with Gasteiger partial charge in [0.2, 0.25) is 0 Å². The summed E-state index contributed by atoms with van der Waals surface area (Å²) >= 11 is 0. The number of hydrogen-bond acceptors (Lipinski definition) is 5. The van der Waals surface area contributed by atoms with Gasteiger partial charge in [-0.25, -0.2) is 0 Å². The molecular formula is C28H37N3O3. The van der Waals surface area contributed by atoms with Crippen LogP contribution in [0.15, 0.2) is 60.9 Å². The van der Waals surface area contributed by atoms with E-state index in [1.807, 2.05) is 41.2 Å². The highest BCUT2D eigenvalue weighted by Gasteiger charge is 2.31. The molecule has 2 heterocycles. The molecule has 1 N–H and O–H groups in total. The lowest BCUT2D eigenvalue weighted by atomic mass is 9.96. The summed E-state index contributed by atoms with van der Waals surface area (Å²) in [5.41, 5.74) is 2.84. The third-order valence-corrected chi connectivity index (χ3v) is 6.41. The molecular weight excluding hydrogens is 426 g/mol. The van der Waals surface area contributed by atoms with Crippen LogP contribution in [0.25, 0.3) is 0 Å². The Hall–Kier alpha value is -2.83. The van der Waals surface area contributed by atoms with Gasteiger partial charge in [0.25, 0.3) is 0 Å². The van der Waals surface area contributed by atoms with Crippen molar-refractivity contribution in [3.8, 4) is 11.5 Å². The van der Waals surface area contributed by atoms with Gasteiger partial charge in [-0.2, -0.15) is 5.10 Å². The van der Waals surface area contributed by atoms with Crippen LogP contribution in [-0.2, 0) is 13.1 Å². The molecule has 1 atom stereocenters. The van der Waals surface area contributed by atoms with Gasteiger partial charge in [-0.3, -0.25) is 9.58 Å². The third kappa shape index (κ3) is 7.34. The van der Waals surface area contributed by atoms with Crippen molar-refractivity contribution in [3.05, 3.63) is 77.6 Å². The summed E-state index contributed by atoms with van der Waals surface area (Å²) in [7, 11) is 0. The molecule has 1 saturated heterocycles. The molecule has 0 saturated carbocycles. The summed E-state index contributed by atoms with van der Waals surface area (Å²) in [5, 5.41) is 15.4. The summed E-state index contributed by atoms with van der Waals surface area (Å²) < 4.78 is 13.9. The maximum Gasteiger partial charge on any atom is 0.119 e. The van der Waals surface area contributed by atoms with Crippen LogP contribution in [-0.4, -0.2) is 51.7 Å². The average molecular weight is 464 g/mol. The van der Waals surface area contributed by atoms with Gasteiger partial charge in [-0.15, -0.1) is 0 Å². The molecule has 1 aromatic heterocycles. The first-order chi connectivity index (χ1) is 16.5. The minimum Gasteiger partial charge on any atom is -0.494 e. The van der Waals surface area contributed by atoms with Crippen LogP contribution in [0.2, 0.25) is 0 Å². The van der Waals surface area contributed by atoms with Crippen LogP contribution >= 0.6 is 0 Å². The fourth-order valence-electron chi connectivity index (χ4n) is 4.39. The Morgan fingerprint density at radius 2 is 1.82 bits per heavy atom. The number of nitrogens with zero attached hydrogens (tertiary/aromatic N) is 3. The second-order valence-corrected chi connectivity index (χ2v) is 9.59. The summed E-state index contributed by atoms with van der Waals surface area (Å²) in [6.07, 6.45) is 7.27. The number of aliphatic hydroxyl groups is 1. The first-order valence-corrected chi connectivity index (χ1v) is 12.3. The minimum atomic E-state index is -0.780. The van der Waals surface area contributed by atoms with Gasteiger partial charge in [0.1, 0.15) is 18.1 Å². The summed E-state index contributed by atoms with van der Waals surface area (Å²) in [4.78, 5) is 2.42. The quantitative estimate of drug-likeness (QED) is 0.439. The second kappa shape index (κ2) is 11.5. The topological polar surface area (TPSA) is 59.8 Å². The number of benzene rings is 2. The fraction of sp³-hybridized carbons (Fsp3) is 0.464. The molecule has 0 spiro atoms. The minimum absolute atomic E-state index is 0.339. The van der Waals surface area contributed by atoms with E-state index in [4.69, 9.17) is 9.47 Å². The zero-order valence-corrected chi connectivity index (χ0v) is 20.4. The van der Waals surface area contributed by atoms with Gasteiger partial charge in [0.05, 0.1) is 18.4 Å². The van der Waals surface area contributed by atoms with Crippen LogP contribution in [0.3, 0.4) is 0 Å². The molecule has 182 valence electrons. The van der Waals surface area contributed by atoms with Crippen molar-refractivity contribution in [1.29, 1.82) is 0 Å². The number of aryl methyl sites for hydroxylation is 3. The summed E-state index contributed by atoms with van der Waals surface area (Å²) in [6, 6.07) is 16.4. The zero-order chi connectivity index (χ0) is 23.8. The first-order valence-electron chi connectivity index (χ1n) is 12.3. The van der Waals surface area contributed by atoms with Gasteiger partial charge in [-0.05, 0) is 75.0 Å². The van der Waals surface area contributed by atoms with Crippen molar-refractivity contribution in [2.45, 2.75) is 58.2 Å². The van der Waals surface area contributed by atoms with E-state index in [1.54, 1.807) is 0 Å². The Labute approximate surface area is 203 Å². The number of hydrogen-bond donors (Lipinski definition) is 1. The molecule has 1 aliphatic heterocycles. The third-order valence-electron chi connectivity index (χ3n) is 6.41. The lowest BCUT2D eigenvalue weighted by Gasteiger charge is -2.27. The lowest BCUT2D eigenvalue weighted by Crippen LogP contribution is -2.37. The van der Waals surface area contributed by atoms with Gasteiger partial charge in [0, 0.05) is 32.3 Å². The average Bonchev–Trinajstić information content (AvgIpc) is 3.16. The standard InChI is InChI=1S/C28H37N3O3/c1-23-8-10-26(11-9-23)34-22-28(32)12-4-14-30(16-13-28)21-25-6-3-7-27(18-25)33-17-5-15-31-20-24(2)19-29-31/h3,6-11,18-20,32H,4-5,12-17,21-22H2,1-2H3/t28-/m1/s1. The highest BCUT2D eigenvalue weighted by molar-refractivity contribution is 5.28. The maximum absolute atomic E-state index is 11.1. The molecule has 0 radical (unpaired) electrons. The molecule has 1 fully saturated rings. The number of ether oxygens (including phenoxy) is 2. The molecule has 6 heteroatoms. The Morgan fingerprint density at radius 1 is 0.971 bits per heavy atom. The lowest BCUT2D eigenvalue weighted by molar-refractivity contribution is -0.0168. The predicted molar refractivity (Wildman–Crippen MR) is 134 cm³/mol. The summed E-state index contributed by atoms with van der Waals surface area (Å²) in [5.74, 6) is 1.73. The van der Waals surface area contributed by atoms with E-state index < -0.39 is 5.60 Å². The molecule has 0 aliphatic carbocycles. The number of likely N-dealkylation sites (tertiary alicyclic amines) is 1. The van der Waals surface area contributed by atoms with Crippen LogP contribution in [0.4, 0.5) is 0 Å². The monoisotopic (exact) mass is 463 g/mol. The molecule has 4 rings (SSSR count). The second-order valence-electron chi connectivity index (χ2n) is 9.59. The van der Waals surface area contributed by atoms with Crippen molar-refractivity contribution >= 4 is 0 Å². The van der Waals surface area contributed by atoms with Crippen LogP contribution in [0.5, 0.6) is 11.5 Å². The van der Waals surface area contributed by atoms with Crippen molar-refractivity contribution in [2.24, 2.45) is 0 Å². The van der Waals surface area contributed by atoms with Gasteiger partial charge in [0.15, 0.2) is 0 Å². The molecule has 1 aliphatic rings. The predicted octanol–water partition coefficient (Wildman–Crippen LogP) is 4.77. The molecule has 6 nitrogen and oxygen atoms in total. The Morgan fingerprint density at radius 3 is 2.62 bits per heavy atom. The molecule has 34 heavy (non-hydrogen) atoms. The molecule has 0 unspecified atom stereocenters. The van der Waals surface area contributed by atoms with Crippen molar-refractivity contribution in [1.82, 2.24) is 14.7 Å². The summed E-state index contributed by atoms with van der Waals surface area (Å²) in [6.45, 7) is 8.66. The van der Waals surface area contributed by atoms with E-state index in [0.29, 0.717) is 19.6 Å². The van der Waals surface area contributed by atoms with E-state index in [1.165, 1.54) is 16.7 Å². The van der Waals surface area contributed by atoms with Crippen molar-refractivity contribution in [2.75, 3.05) is 26.3 Å². The van der Waals surface area contributed by atoms with E-state index in [9.17, 15) is 5.11 Å². The smallest absolute Gasteiger partial charge is 0.119 e. The largest absolute Gasteiger partial charge is 0.494 e. The zero-order valence-electron chi connectivity index (χ0n) is 20.4. The van der Waals surface area contributed by atoms with Gasteiger partial charge in [-0.1, -0.05) is 29.8 Å². The normalized spacial score (nSPS) is 19.0. The first kappa shape index (κ1) is 24.3. The van der Waals surface area contributed by atoms with Crippen molar-refractivity contribution in [3.63, 3.8) is 0 Å². The number of aromatic nitrogens is 2. The van der Waals surface area contributed by atoms with Crippen LogP contribution < -0.4 is 9.47 Å². The fourth-order valence-corrected chi connectivity index (χ4v) is 4.39. The number of rotatable bonds is 10. The van der Waals surface area contributed by atoms with Gasteiger partial charge >= 0.3 is 0 Å². The Bertz CT molecular complexity index is 1030. The Balaban J connectivity index is 1.22. The maximum atomic E-state index is 11.1. The van der Waals surface area contributed by atoms with Crippen LogP contribution in [0.1, 0.15) is 42.4 Å². The van der Waals surface area contributed by atoms with Gasteiger partial charge < -0.3 is 14.6 Å². The van der Waals surface area contributed by atoms with Crippen molar-refractivity contribution < 1.29 is 14.6 Å². The SMILES string of the molecule is Cc1ccc(OC[C@@]2(O)CCCN(Cc3cccc(OCCCn4cc(C)cn4)c3)CC2)cc1. The highest BCUT2D eigenvalue weighted by Crippen LogP contribution is 2.25. The van der Waals surface area contributed by atoms with E-state index in [2.05, 4.69) is 48.2 Å². The van der Waals surface area contributed by atoms with E-state index in [0.717, 1.165) is 56.9 Å². The van der Waals surface area contributed by atoms with E-state index in [-0.39, 0.29) is 0 Å². The molecule has 2 aromatic carbocycles. The molecule has 3 aromatic rings. The van der Waals surface area contributed by atoms with E-state index >= 15 is 0 Å². The van der Waals surface area contributed by atoms with Crippen LogP contribution in [0, 0.1) is 13.8 Å².